The molecular weight excluding hydrogens is 296 g/mol. The molecule has 1 aliphatic rings. The molecule has 0 bridgehead atoms. The molecule has 3 rings (SSSR count). The molecule has 2 aromatic rings. The van der Waals surface area contributed by atoms with Crippen LogP contribution in [0.1, 0.15) is 30.8 Å². The topological polar surface area (TPSA) is 66.8 Å². The predicted octanol–water partition coefficient (Wildman–Crippen LogP) is 2.75. The number of hydrogen-bond donors (Lipinski definition) is 1. The molecular formula is C12H15ClN6S. The first-order valence-electron chi connectivity index (χ1n) is 6.55. The minimum atomic E-state index is 0.0416. The predicted molar refractivity (Wildman–Crippen MR) is 80.4 cm³/mol. The molecule has 20 heavy (non-hydrogen) atoms. The highest BCUT2D eigenvalue weighted by atomic mass is 35.5. The Kier molecular flexibility index (Phi) is 3.98. The summed E-state index contributed by atoms with van der Waals surface area (Å²) in [4.78, 5) is 19.2. The fraction of sp³-hybridized carbons (Fsp3) is 0.500. The van der Waals surface area contributed by atoms with Crippen LogP contribution in [0.5, 0.6) is 0 Å². The molecule has 0 saturated carbocycles. The lowest BCUT2D eigenvalue weighted by Gasteiger charge is -2.17. The molecule has 0 radical (unpaired) electrons. The van der Waals surface area contributed by atoms with Crippen molar-refractivity contribution >= 4 is 34.8 Å². The van der Waals surface area contributed by atoms with E-state index in [-0.39, 0.29) is 11.3 Å². The first-order valence-corrected chi connectivity index (χ1v) is 7.80. The SMILES string of the molecule is CC(Nc1nc(Cl)nc(N2CCCC2)n1)c1nccs1. The van der Waals surface area contributed by atoms with Crippen molar-refractivity contribution in [2.45, 2.75) is 25.8 Å². The van der Waals surface area contributed by atoms with E-state index in [0.717, 1.165) is 18.1 Å². The number of anilines is 2. The zero-order chi connectivity index (χ0) is 13.9. The summed E-state index contributed by atoms with van der Waals surface area (Å²) in [6, 6.07) is 0.0416. The first-order chi connectivity index (χ1) is 9.72. The molecule has 0 amide bonds. The van der Waals surface area contributed by atoms with E-state index in [9.17, 15) is 0 Å². The van der Waals surface area contributed by atoms with E-state index in [1.165, 1.54) is 12.8 Å². The van der Waals surface area contributed by atoms with Crippen LogP contribution in [0.15, 0.2) is 11.6 Å². The van der Waals surface area contributed by atoms with E-state index in [1.807, 2.05) is 12.3 Å². The van der Waals surface area contributed by atoms with Gasteiger partial charge in [-0.25, -0.2) is 4.98 Å². The Hall–Kier alpha value is -1.47. The average Bonchev–Trinajstić information content (AvgIpc) is 3.12. The fourth-order valence-electron chi connectivity index (χ4n) is 2.17. The molecule has 106 valence electrons. The molecule has 1 fully saturated rings. The van der Waals surface area contributed by atoms with Gasteiger partial charge in [-0.15, -0.1) is 11.3 Å². The van der Waals surface area contributed by atoms with E-state index >= 15 is 0 Å². The van der Waals surface area contributed by atoms with Crippen molar-refractivity contribution in [1.82, 2.24) is 19.9 Å². The molecule has 0 aromatic carbocycles. The Bertz CT molecular complexity index is 569. The molecule has 0 spiro atoms. The summed E-state index contributed by atoms with van der Waals surface area (Å²) in [5, 5.41) is 6.38. The molecule has 1 atom stereocenters. The Morgan fingerprint density at radius 3 is 2.80 bits per heavy atom. The normalized spacial score (nSPS) is 16.4. The van der Waals surface area contributed by atoms with Gasteiger partial charge in [-0.1, -0.05) is 0 Å². The molecule has 8 heteroatoms. The van der Waals surface area contributed by atoms with E-state index in [0.29, 0.717) is 11.9 Å². The van der Waals surface area contributed by atoms with Crippen LogP contribution in [0.3, 0.4) is 0 Å². The van der Waals surface area contributed by atoms with Crippen molar-refractivity contribution in [3.8, 4) is 0 Å². The van der Waals surface area contributed by atoms with E-state index in [4.69, 9.17) is 11.6 Å². The molecule has 2 aromatic heterocycles. The lowest BCUT2D eigenvalue weighted by atomic mass is 10.4. The van der Waals surface area contributed by atoms with E-state index in [1.54, 1.807) is 17.5 Å². The van der Waals surface area contributed by atoms with Gasteiger partial charge in [0, 0.05) is 24.7 Å². The summed E-state index contributed by atoms with van der Waals surface area (Å²) in [7, 11) is 0. The highest BCUT2D eigenvalue weighted by molar-refractivity contribution is 7.09. The van der Waals surface area contributed by atoms with Crippen LogP contribution >= 0.6 is 22.9 Å². The van der Waals surface area contributed by atoms with Crippen molar-refractivity contribution in [1.29, 1.82) is 0 Å². The maximum Gasteiger partial charge on any atom is 0.231 e. The lowest BCUT2D eigenvalue weighted by Crippen LogP contribution is -2.22. The van der Waals surface area contributed by atoms with Crippen molar-refractivity contribution in [2.24, 2.45) is 0 Å². The summed E-state index contributed by atoms with van der Waals surface area (Å²) >= 11 is 7.59. The number of aromatic nitrogens is 4. The van der Waals surface area contributed by atoms with Gasteiger partial charge in [0.25, 0.3) is 0 Å². The smallest absolute Gasteiger partial charge is 0.231 e. The van der Waals surface area contributed by atoms with Gasteiger partial charge in [-0.3, -0.25) is 0 Å². The van der Waals surface area contributed by atoms with Crippen LogP contribution in [0.4, 0.5) is 11.9 Å². The molecule has 0 aliphatic carbocycles. The van der Waals surface area contributed by atoms with Gasteiger partial charge < -0.3 is 10.2 Å². The van der Waals surface area contributed by atoms with Crippen LogP contribution in [0.2, 0.25) is 5.28 Å². The third-order valence-electron chi connectivity index (χ3n) is 3.15. The molecule has 1 aliphatic heterocycles. The summed E-state index contributed by atoms with van der Waals surface area (Å²) in [5.74, 6) is 1.14. The number of thiazole rings is 1. The zero-order valence-electron chi connectivity index (χ0n) is 11.1. The molecule has 1 unspecified atom stereocenters. The number of rotatable bonds is 4. The second-order valence-electron chi connectivity index (χ2n) is 4.66. The molecule has 1 saturated heterocycles. The summed E-state index contributed by atoms with van der Waals surface area (Å²) in [6.45, 7) is 3.97. The fourth-order valence-corrected chi connectivity index (χ4v) is 2.97. The van der Waals surface area contributed by atoms with Gasteiger partial charge in [-0.05, 0) is 31.4 Å². The number of nitrogens with one attached hydrogen (secondary N) is 1. The maximum atomic E-state index is 5.99. The largest absolute Gasteiger partial charge is 0.345 e. The highest BCUT2D eigenvalue weighted by Gasteiger charge is 2.18. The molecule has 1 N–H and O–H groups in total. The second kappa shape index (κ2) is 5.88. The van der Waals surface area contributed by atoms with Crippen molar-refractivity contribution in [3.63, 3.8) is 0 Å². The standard InChI is InChI=1S/C12H15ClN6S/c1-8(9-14-4-7-20-9)15-11-16-10(13)17-12(18-11)19-5-2-3-6-19/h4,7-8H,2-3,5-6H2,1H3,(H,15,16,17,18). The Labute approximate surface area is 126 Å². The third kappa shape index (κ3) is 2.99. The minimum absolute atomic E-state index is 0.0416. The zero-order valence-corrected chi connectivity index (χ0v) is 12.7. The van der Waals surface area contributed by atoms with Crippen molar-refractivity contribution < 1.29 is 0 Å². The quantitative estimate of drug-likeness (QED) is 0.936. The third-order valence-corrected chi connectivity index (χ3v) is 4.28. The van der Waals surface area contributed by atoms with Crippen molar-refractivity contribution in [3.05, 3.63) is 21.9 Å². The van der Waals surface area contributed by atoms with Gasteiger partial charge in [0.1, 0.15) is 5.01 Å². The van der Waals surface area contributed by atoms with Crippen LogP contribution in [0, 0.1) is 0 Å². The minimum Gasteiger partial charge on any atom is -0.345 e. The number of hydrogen-bond acceptors (Lipinski definition) is 7. The van der Waals surface area contributed by atoms with Gasteiger partial charge in [0.05, 0.1) is 6.04 Å². The van der Waals surface area contributed by atoms with Gasteiger partial charge in [-0.2, -0.15) is 15.0 Å². The average molecular weight is 311 g/mol. The van der Waals surface area contributed by atoms with Crippen molar-refractivity contribution in [2.75, 3.05) is 23.3 Å². The monoisotopic (exact) mass is 310 g/mol. The first kappa shape index (κ1) is 13.5. The van der Waals surface area contributed by atoms with Crippen LogP contribution in [0.25, 0.3) is 0 Å². The summed E-state index contributed by atoms with van der Waals surface area (Å²) < 4.78 is 0. The second-order valence-corrected chi connectivity index (χ2v) is 5.92. The lowest BCUT2D eigenvalue weighted by molar-refractivity contribution is 0.827. The highest BCUT2D eigenvalue weighted by Crippen LogP contribution is 2.22. The Morgan fingerprint density at radius 1 is 1.30 bits per heavy atom. The van der Waals surface area contributed by atoms with Crippen LogP contribution < -0.4 is 10.2 Å². The van der Waals surface area contributed by atoms with Gasteiger partial charge in [0.2, 0.25) is 17.2 Å². The van der Waals surface area contributed by atoms with Gasteiger partial charge >= 0.3 is 0 Å². The number of nitrogens with zero attached hydrogens (tertiary/aromatic N) is 5. The summed E-state index contributed by atoms with van der Waals surface area (Å²) in [5.41, 5.74) is 0. The van der Waals surface area contributed by atoms with Crippen LogP contribution in [-0.4, -0.2) is 33.0 Å². The Morgan fingerprint density at radius 2 is 2.10 bits per heavy atom. The van der Waals surface area contributed by atoms with E-state index in [2.05, 4.69) is 30.2 Å². The summed E-state index contributed by atoms with van der Waals surface area (Å²) in [6.07, 6.45) is 4.12. The maximum absolute atomic E-state index is 5.99. The van der Waals surface area contributed by atoms with E-state index < -0.39 is 0 Å². The molecule has 6 nitrogen and oxygen atoms in total. The Balaban J connectivity index is 1.79. The van der Waals surface area contributed by atoms with Crippen LogP contribution in [-0.2, 0) is 0 Å². The number of halogens is 1. The van der Waals surface area contributed by atoms with Gasteiger partial charge in [0.15, 0.2) is 0 Å². The molecule has 3 heterocycles.